The summed E-state index contributed by atoms with van der Waals surface area (Å²) in [6, 6.07) is 5.40. The van der Waals surface area contributed by atoms with Crippen molar-refractivity contribution in [1.82, 2.24) is 9.97 Å². The number of benzene rings is 1. The summed E-state index contributed by atoms with van der Waals surface area (Å²) in [4.78, 5) is 21.2. The largest absolute Gasteiger partial charge is 0.490 e. The predicted molar refractivity (Wildman–Crippen MR) is 141 cm³/mol. The van der Waals surface area contributed by atoms with E-state index in [1.54, 1.807) is 12.3 Å². The maximum atomic E-state index is 15.1. The summed E-state index contributed by atoms with van der Waals surface area (Å²) in [6.07, 6.45) is 4.59. The molecule has 2 aliphatic rings. The number of aliphatic hydroxyl groups excluding tert-OH is 1. The Kier molecular flexibility index (Phi) is 8.34. The molecule has 0 unspecified atom stereocenters. The summed E-state index contributed by atoms with van der Waals surface area (Å²) in [7, 11) is 0. The highest BCUT2D eigenvalue weighted by Crippen LogP contribution is 2.39. The summed E-state index contributed by atoms with van der Waals surface area (Å²) in [6.45, 7) is 2.91. The smallest absolute Gasteiger partial charge is 0.274 e. The third kappa shape index (κ3) is 5.96. The molecule has 212 valence electrons. The lowest BCUT2D eigenvalue weighted by Gasteiger charge is -2.36. The number of rotatable bonds is 6. The fraction of sp³-hybridized carbons (Fsp3) is 0.414. The number of nitrogens with zero attached hydrogens (tertiary/aromatic N) is 2. The summed E-state index contributed by atoms with van der Waals surface area (Å²) in [5.41, 5.74) is 5.76. The minimum absolute atomic E-state index is 0.0201. The Labute approximate surface area is 229 Å². The molecule has 1 amide bonds. The van der Waals surface area contributed by atoms with Gasteiger partial charge in [-0.15, -0.1) is 0 Å². The summed E-state index contributed by atoms with van der Waals surface area (Å²) < 4.78 is 55.9. The molecule has 1 saturated heterocycles. The number of amides is 1. The number of nitrogens with two attached hydrogens (primary N) is 1. The Morgan fingerprint density at radius 1 is 1.10 bits per heavy atom. The molecule has 3 aromatic rings. The van der Waals surface area contributed by atoms with Gasteiger partial charge >= 0.3 is 0 Å². The van der Waals surface area contributed by atoms with E-state index < -0.39 is 46.8 Å². The van der Waals surface area contributed by atoms with Crippen molar-refractivity contribution in [3.8, 4) is 17.0 Å². The normalized spacial score (nSPS) is 23.6. The van der Waals surface area contributed by atoms with Crippen LogP contribution in [-0.2, 0) is 4.74 Å². The van der Waals surface area contributed by atoms with E-state index in [1.807, 2.05) is 6.92 Å². The summed E-state index contributed by atoms with van der Waals surface area (Å²) >= 11 is 0. The zero-order chi connectivity index (χ0) is 28.4. The second-order valence-corrected chi connectivity index (χ2v) is 10.4. The van der Waals surface area contributed by atoms with Crippen LogP contribution in [0.25, 0.3) is 11.3 Å². The quantitative estimate of drug-likeness (QED) is 0.407. The lowest BCUT2D eigenvalue weighted by molar-refractivity contribution is 0.0253. The average Bonchev–Trinajstić information content (AvgIpc) is 2.93. The van der Waals surface area contributed by atoms with Crippen LogP contribution >= 0.6 is 0 Å². The molecule has 1 aliphatic carbocycles. The number of anilines is 1. The van der Waals surface area contributed by atoms with Crippen molar-refractivity contribution in [3.05, 3.63) is 71.4 Å². The number of ether oxygens (including phenoxy) is 2. The molecule has 1 aromatic carbocycles. The first-order valence-corrected chi connectivity index (χ1v) is 13.3. The zero-order valence-corrected chi connectivity index (χ0v) is 21.9. The van der Waals surface area contributed by atoms with Crippen molar-refractivity contribution in [2.24, 2.45) is 11.7 Å². The van der Waals surface area contributed by atoms with Crippen LogP contribution in [0, 0.1) is 23.4 Å². The van der Waals surface area contributed by atoms with Crippen molar-refractivity contribution in [3.63, 3.8) is 0 Å². The first kappa shape index (κ1) is 28.0. The number of hydrogen-bond donors (Lipinski definition) is 3. The van der Waals surface area contributed by atoms with Gasteiger partial charge in [-0.25, -0.2) is 18.2 Å². The number of halogens is 3. The first-order chi connectivity index (χ1) is 19.2. The maximum absolute atomic E-state index is 15.1. The SMILES string of the molecule is C[C@H]1C[C@@H](c2ccncc2NC(=O)c2ccc(F)c(-c3c(F)cc(OC4CCOCC4)cc3F)n2)C[C@@H](N)[C@@H]1O. The monoisotopic (exact) mass is 556 g/mol. The van der Waals surface area contributed by atoms with E-state index in [0.29, 0.717) is 44.6 Å². The van der Waals surface area contributed by atoms with Crippen LogP contribution in [0.3, 0.4) is 0 Å². The highest BCUT2D eigenvalue weighted by atomic mass is 19.1. The standard InChI is InChI=1S/C29H31F3N4O4/c1-15-10-16(11-23(33)28(15)37)19-4-7-34-14-25(19)36-29(38)24-3-2-20(30)27(35-24)26-21(31)12-18(13-22(26)32)40-17-5-8-39-9-6-17/h2-4,7,12-17,23,28,37H,5-6,8-11,33H2,1H3,(H,36,38)/t15-,16+,23+,28+/m0/s1. The van der Waals surface area contributed by atoms with Crippen LogP contribution in [-0.4, -0.2) is 52.4 Å². The Hall–Kier alpha value is -3.54. The molecule has 0 bridgehead atoms. The molecule has 1 aliphatic heterocycles. The molecular formula is C29H31F3N4O4. The van der Waals surface area contributed by atoms with Gasteiger partial charge in [0.15, 0.2) is 0 Å². The molecule has 3 heterocycles. The average molecular weight is 557 g/mol. The molecule has 4 atom stereocenters. The molecule has 11 heteroatoms. The van der Waals surface area contributed by atoms with Gasteiger partial charge in [0.1, 0.15) is 40.7 Å². The molecule has 2 fully saturated rings. The number of carbonyl (C=O) groups excluding carboxylic acids is 1. The van der Waals surface area contributed by atoms with Crippen LogP contribution in [0.5, 0.6) is 5.75 Å². The molecule has 0 radical (unpaired) electrons. The second-order valence-electron chi connectivity index (χ2n) is 10.4. The third-order valence-electron chi connectivity index (χ3n) is 7.58. The Morgan fingerprint density at radius 3 is 2.52 bits per heavy atom. The van der Waals surface area contributed by atoms with E-state index in [2.05, 4.69) is 15.3 Å². The van der Waals surface area contributed by atoms with Gasteiger partial charge in [0.2, 0.25) is 0 Å². The van der Waals surface area contributed by atoms with Crippen molar-refractivity contribution in [1.29, 1.82) is 0 Å². The van der Waals surface area contributed by atoms with Gasteiger partial charge in [0.25, 0.3) is 5.91 Å². The number of aliphatic hydroxyl groups is 1. The highest BCUT2D eigenvalue weighted by Gasteiger charge is 2.34. The molecule has 0 spiro atoms. The van der Waals surface area contributed by atoms with Gasteiger partial charge in [-0.2, -0.15) is 0 Å². The van der Waals surface area contributed by atoms with Gasteiger partial charge in [-0.05, 0) is 48.4 Å². The maximum Gasteiger partial charge on any atom is 0.274 e. The summed E-state index contributed by atoms with van der Waals surface area (Å²) in [5.74, 6) is -3.91. The molecule has 40 heavy (non-hydrogen) atoms. The van der Waals surface area contributed by atoms with E-state index in [9.17, 15) is 14.3 Å². The number of aromatic nitrogens is 2. The molecule has 8 nitrogen and oxygen atoms in total. The van der Waals surface area contributed by atoms with E-state index in [0.717, 1.165) is 29.8 Å². The van der Waals surface area contributed by atoms with Gasteiger partial charge < -0.3 is 25.6 Å². The van der Waals surface area contributed by atoms with Gasteiger partial charge in [-0.1, -0.05) is 6.92 Å². The minimum Gasteiger partial charge on any atom is -0.490 e. The topological polar surface area (TPSA) is 120 Å². The predicted octanol–water partition coefficient (Wildman–Crippen LogP) is 4.57. The third-order valence-corrected chi connectivity index (χ3v) is 7.58. The Bertz CT molecular complexity index is 1350. The van der Waals surface area contributed by atoms with Crippen molar-refractivity contribution in [2.45, 2.75) is 56.8 Å². The molecule has 4 N–H and O–H groups in total. The van der Waals surface area contributed by atoms with Gasteiger partial charge in [0.05, 0.1) is 36.8 Å². The highest BCUT2D eigenvalue weighted by molar-refractivity contribution is 6.03. The van der Waals surface area contributed by atoms with E-state index in [1.165, 1.54) is 6.20 Å². The van der Waals surface area contributed by atoms with Crippen molar-refractivity contribution >= 4 is 11.6 Å². The van der Waals surface area contributed by atoms with E-state index in [-0.39, 0.29) is 29.4 Å². The lowest BCUT2D eigenvalue weighted by atomic mass is 9.74. The van der Waals surface area contributed by atoms with E-state index in [4.69, 9.17) is 15.2 Å². The van der Waals surface area contributed by atoms with Crippen LogP contribution in [0.2, 0.25) is 0 Å². The molecule has 1 saturated carbocycles. The van der Waals surface area contributed by atoms with Gasteiger partial charge in [-0.3, -0.25) is 9.78 Å². The number of nitrogens with one attached hydrogen (secondary N) is 1. The van der Waals surface area contributed by atoms with Crippen LogP contribution in [0.1, 0.15) is 54.6 Å². The van der Waals surface area contributed by atoms with Crippen LogP contribution < -0.4 is 15.8 Å². The molecular weight excluding hydrogens is 525 g/mol. The summed E-state index contributed by atoms with van der Waals surface area (Å²) in [5, 5.41) is 13.0. The molecule has 2 aromatic heterocycles. The fourth-order valence-corrected chi connectivity index (χ4v) is 5.45. The Balaban J connectivity index is 1.38. The second kappa shape index (κ2) is 11.9. The van der Waals surface area contributed by atoms with Crippen LogP contribution in [0.15, 0.2) is 42.7 Å². The van der Waals surface area contributed by atoms with Gasteiger partial charge in [0, 0.05) is 37.2 Å². The lowest BCUT2D eigenvalue weighted by Crippen LogP contribution is -2.44. The van der Waals surface area contributed by atoms with Crippen LogP contribution in [0.4, 0.5) is 18.9 Å². The fourth-order valence-electron chi connectivity index (χ4n) is 5.45. The van der Waals surface area contributed by atoms with E-state index >= 15 is 8.78 Å². The number of pyridine rings is 2. The zero-order valence-electron chi connectivity index (χ0n) is 21.9. The number of hydrogen-bond acceptors (Lipinski definition) is 7. The molecule has 5 rings (SSSR count). The first-order valence-electron chi connectivity index (χ1n) is 13.3. The van der Waals surface area contributed by atoms with Crippen molar-refractivity contribution < 1.29 is 32.5 Å². The van der Waals surface area contributed by atoms with Crippen molar-refractivity contribution in [2.75, 3.05) is 18.5 Å². The minimum atomic E-state index is -1.06. The Morgan fingerprint density at radius 2 is 1.82 bits per heavy atom. The number of carbonyl (C=O) groups is 1.